The zero-order valence-electron chi connectivity index (χ0n) is 10.5. The molecule has 1 heterocycles. The second kappa shape index (κ2) is 7.06. The Labute approximate surface area is 102 Å². The lowest BCUT2D eigenvalue weighted by Crippen LogP contribution is -2.41. The van der Waals surface area contributed by atoms with Crippen molar-refractivity contribution in [2.75, 3.05) is 6.61 Å². The molecule has 5 heteroatoms. The molecule has 1 atom stereocenters. The molecule has 1 rings (SSSR count). The molecule has 0 fully saturated rings. The van der Waals surface area contributed by atoms with Gasteiger partial charge in [0, 0.05) is 25.4 Å². The monoisotopic (exact) mass is 239 g/mol. The van der Waals surface area contributed by atoms with Gasteiger partial charge in [-0.2, -0.15) is 5.10 Å². The Bertz CT molecular complexity index is 323. The van der Waals surface area contributed by atoms with Gasteiger partial charge in [0.05, 0.1) is 12.6 Å². The Kier molecular flexibility index (Phi) is 5.69. The van der Waals surface area contributed by atoms with E-state index >= 15 is 0 Å². The summed E-state index contributed by atoms with van der Waals surface area (Å²) < 4.78 is 1.80. The van der Waals surface area contributed by atoms with Gasteiger partial charge in [0.1, 0.15) is 0 Å². The van der Waals surface area contributed by atoms with Crippen LogP contribution in [0.1, 0.15) is 26.7 Å². The van der Waals surface area contributed by atoms with E-state index in [1.165, 1.54) is 0 Å². The molecule has 0 aliphatic rings. The van der Waals surface area contributed by atoms with Gasteiger partial charge in [-0.25, -0.2) is 0 Å². The molecule has 0 radical (unpaired) electrons. The number of hydrogen-bond acceptors (Lipinski definition) is 3. The van der Waals surface area contributed by atoms with E-state index < -0.39 is 0 Å². The molecule has 0 aromatic carbocycles. The van der Waals surface area contributed by atoms with E-state index in [0.717, 1.165) is 13.0 Å². The fourth-order valence-electron chi connectivity index (χ4n) is 1.54. The fourth-order valence-corrected chi connectivity index (χ4v) is 1.54. The van der Waals surface area contributed by atoms with Gasteiger partial charge >= 0.3 is 0 Å². The van der Waals surface area contributed by atoms with Crippen LogP contribution in [0.15, 0.2) is 18.5 Å². The molecule has 1 amide bonds. The van der Waals surface area contributed by atoms with Gasteiger partial charge in [-0.3, -0.25) is 9.48 Å². The normalized spacial score (nSPS) is 12.7. The summed E-state index contributed by atoms with van der Waals surface area (Å²) in [5.74, 6) is 0.236. The van der Waals surface area contributed by atoms with Crippen LogP contribution in [0.3, 0.4) is 0 Å². The lowest BCUT2D eigenvalue weighted by Gasteiger charge is -2.19. The van der Waals surface area contributed by atoms with Gasteiger partial charge < -0.3 is 10.4 Å². The third kappa shape index (κ3) is 4.99. The molecule has 5 nitrogen and oxygen atoms in total. The van der Waals surface area contributed by atoms with Crippen molar-refractivity contribution in [3.05, 3.63) is 18.5 Å². The molecule has 1 unspecified atom stereocenters. The van der Waals surface area contributed by atoms with Crippen LogP contribution in [-0.2, 0) is 11.3 Å². The fraction of sp³-hybridized carbons (Fsp3) is 0.667. The standard InChI is InChI=1S/C12H21N3O2/c1-10(2)11(9-16)14-12(17)5-3-7-15-8-4-6-13-15/h4,6,8,10-11,16H,3,5,7,9H2,1-2H3,(H,14,17). The third-order valence-electron chi connectivity index (χ3n) is 2.70. The Morgan fingerprint density at radius 2 is 2.29 bits per heavy atom. The van der Waals surface area contributed by atoms with Crippen LogP contribution in [0.4, 0.5) is 0 Å². The maximum Gasteiger partial charge on any atom is 0.220 e. The lowest BCUT2D eigenvalue weighted by atomic mass is 10.1. The molecule has 1 aromatic rings. The summed E-state index contributed by atoms with van der Waals surface area (Å²) in [7, 11) is 0. The molecular formula is C12H21N3O2. The van der Waals surface area contributed by atoms with E-state index in [-0.39, 0.29) is 24.5 Å². The van der Waals surface area contributed by atoms with Crippen LogP contribution in [0.2, 0.25) is 0 Å². The van der Waals surface area contributed by atoms with Gasteiger partial charge in [0.2, 0.25) is 5.91 Å². The highest BCUT2D eigenvalue weighted by molar-refractivity contribution is 5.76. The van der Waals surface area contributed by atoms with Gasteiger partial charge in [-0.1, -0.05) is 13.8 Å². The van der Waals surface area contributed by atoms with Crippen LogP contribution in [0.25, 0.3) is 0 Å². The van der Waals surface area contributed by atoms with Gasteiger partial charge in [-0.05, 0) is 18.4 Å². The van der Waals surface area contributed by atoms with Crippen LogP contribution >= 0.6 is 0 Å². The number of aliphatic hydroxyl groups excluding tert-OH is 1. The second-order valence-electron chi connectivity index (χ2n) is 4.47. The largest absolute Gasteiger partial charge is 0.394 e. The first-order chi connectivity index (χ1) is 8.13. The molecule has 0 spiro atoms. The molecule has 17 heavy (non-hydrogen) atoms. The summed E-state index contributed by atoms with van der Waals surface area (Å²) in [6.45, 7) is 4.68. The average molecular weight is 239 g/mol. The average Bonchev–Trinajstić information content (AvgIpc) is 2.78. The number of nitrogens with zero attached hydrogens (tertiary/aromatic N) is 2. The zero-order valence-corrected chi connectivity index (χ0v) is 10.5. The molecule has 96 valence electrons. The summed E-state index contributed by atoms with van der Waals surface area (Å²) in [5.41, 5.74) is 0. The summed E-state index contributed by atoms with van der Waals surface area (Å²) in [6, 6.07) is 1.72. The first-order valence-electron chi connectivity index (χ1n) is 6.01. The first-order valence-corrected chi connectivity index (χ1v) is 6.01. The number of hydrogen-bond donors (Lipinski definition) is 2. The number of rotatable bonds is 7. The van der Waals surface area contributed by atoms with E-state index in [1.54, 1.807) is 10.9 Å². The number of amides is 1. The van der Waals surface area contributed by atoms with E-state index in [2.05, 4.69) is 10.4 Å². The molecule has 0 aliphatic heterocycles. The third-order valence-corrected chi connectivity index (χ3v) is 2.70. The topological polar surface area (TPSA) is 67.2 Å². The SMILES string of the molecule is CC(C)C(CO)NC(=O)CCCn1cccn1. The predicted molar refractivity (Wildman–Crippen MR) is 65.3 cm³/mol. The lowest BCUT2D eigenvalue weighted by molar-refractivity contribution is -0.122. The van der Waals surface area contributed by atoms with Crippen molar-refractivity contribution in [2.24, 2.45) is 5.92 Å². The van der Waals surface area contributed by atoms with E-state index in [4.69, 9.17) is 5.11 Å². The van der Waals surface area contributed by atoms with Gasteiger partial charge in [0.25, 0.3) is 0 Å². The molecule has 0 saturated carbocycles. The summed E-state index contributed by atoms with van der Waals surface area (Å²) in [5, 5.41) is 16.0. The van der Waals surface area contributed by atoms with Crippen molar-refractivity contribution in [2.45, 2.75) is 39.3 Å². The first kappa shape index (κ1) is 13.7. The van der Waals surface area contributed by atoms with Crippen molar-refractivity contribution in [1.82, 2.24) is 15.1 Å². The minimum absolute atomic E-state index is 0.00935. The summed E-state index contributed by atoms with van der Waals surface area (Å²) >= 11 is 0. The highest BCUT2D eigenvalue weighted by atomic mass is 16.3. The van der Waals surface area contributed by atoms with Gasteiger partial charge in [-0.15, -0.1) is 0 Å². The number of carbonyl (C=O) groups is 1. The zero-order chi connectivity index (χ0) is 12.7. The highest BCUT2D eigenvalue weighted by Gasteiger charge is 2.14. The number of aromatic nitrogens is 2. The maximum absolute atomic E-state index is 11.6. The Hall–Kier alpha value is -1.36. The molecule has 0 bridgehead atoms. The van der Waals surface area contributed by atoms with Crippen molar-refractivity contribution in [3.8, 4) is 0 Å². The van der Waals surface area contributed by atoms with Crippen molar-refractivity contribution in [1.29, 1.82) is 0 Å². The quantitative estimate of drug-likeness (QED) is 0.739. The molecule has 1 aromatic heterocycles. The molecule has 0 saturated heterocycles. The number of aryl methyl sites for hydroxylation is 1. The summed E-state index contributed by atoms with van der Waals surface area (Å²) in [4.78, 5) is 11.6. The Balaban J connectivity index is 2.20. The van der Waals surface area contributed by atoms with Crippen molar-refractivity contribution >= 4 is 5.91 Å². The van der Waals surface area contributed by atoms with E-state index in [1.807, 2.05) is 26.1 Å². The van der Waals surface area contributed by atoms with Crippen molar-refractivity contribution < 1.29 is 9.90 Å². The van der Waals surface area contributed by atoms with Crippen LogP contribution in [-0.4, -0.2) is 33.4 Å². The van der Waals surface area contributed by atoms with Crippen LogP contribution < -0.4 is 5.32 Å². The Morgan fingerprint density at radius 3 is 2.82 bits per heavy atom. The number of nitrogens with one attached hydrogen (secondary N) is 1. The number of carbonyl (C=O) groups excluding carboxylic acids is 1. The molecule has 0 aliphatic carbocycles. The van der Waals surface area contributed by atoms with Crippen LogP contribution in [0, 0.1) is 5.92 Å². The summed E-state index contributed by atoms with van der Waals surface area (Å²) in [6.07, 6.45) is 4.82. The molecular weight excluding hydrogens is 218 g/mol. The van der Waals surface area contributed by atoms with Crippen LogP contribution in [0.5, 0.6) is 0 Å². The number of aliphatic hydroxyl groups is 1. The van der Waals surface area contributed by atoms with E-state index in [9.17, 15) is 4.79 Å². The smallest absolute Gasteiger partial charge is 0.220 e. The maximum atomic E-state index is 11.6. The Morgan fingerprint density at radius 1 is 1.53 bits per heavy atom. The molecule has 2 N–H and O–H groups in total. The second-order valence-corrected chi connectivity index (χ2v) is 4.47. The minimum atomic E-state index is -0.146. The van der Waals surface area contributed by atoms with Crippen molar-refractivity contribution in [3.63, 3.8) is 0 Å². The van der Waals surface area contributed by atoms with Gasteiger partial charge in [0.15, 0.2) is 0 Å². The minimum Gasteiger partial charge on any atom is -0.394 e. The predicted octanol–water partition coefficient (Wildman–Crippen LogP) is 0.796. The highest BCUT2D eigenvalue weighted by Crippen LogP contribution is 2.02. The van der Waals surface area contributed by atoms with E-state index in [0.29, 0.717) is 6.42 Å².